The molecule has 0 atom stereocenters. The summed E-state index contributed by atoms with van der Waals surface area (Å²) in [6, 6.07) is -0.453. The predicted octanol–water partition coefficient (Wildman–Crippen LogP) is 0.708. The summed E-state index contributed by atoms with van der Waals surface area (Å²) in [5, 5.41) is 4.97. The minimum Gasteiger partial charge on any atom is -0.338 e. The third kappa shape index (κ3) is 4.41. The molecule has 0 unspecified atom stereocenters. The Morgan fingerprint density at radius 3 is 2.36 bits per heavy atom. The van der Waals surface area contributed by atoms with Gasteiger partial charge in [0.25, 0.3) is 11.8 Å². The van der Waals surface area contributed by atoms with E-state index in [0.717, 1.165) is 32.1 Å². The maximum absolute atomic E-state index is 11.5. The van der Waals surface area contributed by atoms with Crippen molar-refractivity contribution in [2.24, 2.45) is 5.92 Å². The number of urea groups is 1. The highest BCUT2D eigenvalue weighted by Crippen LogP contribution is 2.25. The quantitative estimate of drug-likeness (QED) is 0.535. The van der Waals surface area contributed by atoms with Crippen molar-refractivity contribution in [1.29, 1.82) is 0 Å². The number of unbranched alkanes of at least 4 members (excludes halogenated alkanes) is 2. The number of carbonyl (C=O) groups is 4. The second-order valence-corrected chi connectivity index (χ2v) is 5.60. The second-order valence-electron chi connectivity index (χ2n) is 5.60. The van der Waals surface area contributed by atoms with E-state index in [4.69, 9.17) is 0 Å². The normalized spacial score (nSPS) is 17.5. The van der Waals surface area contributed by atoms with Crippen molar-refractivity contribution in [3.63, 3.8) is 0 Å². The van der Waals surface area contributed by atoms with Crippen molar-refractivity contribution in [2.45, 2.75) is 38.5 Å². The van der Waals surface area contributed by atoms with Gasteiger partial charge in [0.05, 0.1) is 0 Å². The van der Waals surface area contributed by atoms with Crippen molar-refractivity contribution in [1.82, 2.24) is 15.5 Å². The van der Waals surface area contributed by atoms with Gasteiger partial charge < -0.3 is 5.32 Å². The van der Waals surface area contributed by atoms with Crippen molar-refractivity contribution >= 4 is 23.8 Å². The highest BCUT2D eigenvalue weighted by atomic mass is 16.2. The van der Waals surface area contributed by atoms with Gasteiger partial charge in [0.1, 0.15) is 0 Å². The molecule has 1 aliphatic heterocycles. The molecule has 0 bridgehead atoms. The van der Waals surface area contributed by atoms with Gasteiger partial charge in [-0.05, 0) is 32.1 Å². The Bertz CT molecular complexity index is 479. The first-order chi connectivity index (χ1) is 10.6. The van der Waals surface area contributed by atoms with Crippen LogP contribution in [0.3, 0.4) is 0 Å². The highest BCUT2D eigenvalue weighted by Gasteiger charge is 2.26. The topological polar surface area (TPSA) is 95.6 Å². The summed E-state index contributed by atoms with van der Waals surface area (Å²) in [5.41, 5.74) is 0. The fraction of sp³-hybridized carbons (Fsp3) is 0.600. The Morgan fingerprint density at radius 2 is 1.77 bits per heavy atom. The van der Waals surface area contributed by atoms with E-state index in [1.807, 2.05) is 0 Å². The van der Waals surface area contributed by atoms with Crippen LogP contribution < -0.4 is 10.6 Å². The fourth-order valence-electron chi connectivity index (χ4n) is 2.35. The maximum Gasteiger partial charge on any atom is 0.321 e. The molecule has 1 aliphatic carbocycles. The van der Waals surface area contributed by atoms with E-state index in [0.29, 0.717) is 19.5 Å². The number of nitrogens with zero attached hydrogens (tertiary/aromatic N) is 1. The molecular weight excluding hydrogens is 286 g/mol. The van der Waals surface area contributed by atoms with E-state index >= 15 is 0 Å². The lowest BCUT2D eigenvalue weighted by Crippen LogP contribution is -2.44. The van der Waals surface area contributed by atoms with Gasteiger partial charge in [-0.3, -0.25) is 24.6 Å². The molecule has 22 heavy (non-hydrogen) atoms. The van der Waals surface area contributed by atoms with Gasteiger partial charge in [-0.25, -0.2) is 4.79 Å². The van der Waals surface area contributed by atoms with Crippen LogP contribution in [0.1, 0.15) is 38.5 Å². The lowest BCUT2D eigenvalue weighted by molar-refractivity contribution is -0.136. The standard InChI is InChI=1S/C15H21N3O4/c19-12-7-8-13(20)18(12)10-3-1-2-9-16-15(22)17-14(21)11-5-4-6-11/h7-8,11H,1-6,9-10H2,(H2,16,17,21,22). The van der Waals surface area contributed by atoms with E-state index in [2.05, 4.69) is 10.6 Å². The lowest BCUT2D eigenvalue weighted by atomic mass is 9.85. The third-order valence-electron chi connectivity index (χ3n) is 3.96. The third-order valence-corrected chi connectivity index (χ3v) is 3.96. The van der Waals surface area contributed by atoms with E-state index in [1.165, 1.54) is 17.1 Å². The maximum atomic E-state index is 11.5. The molecule has 120 valence electrons. The zero-order chi connectivity index (χ0) is 15.9. The highest BCUT2D eigenvalue weighted by molar-refractivity contribution is 6.12. The smallest absolute Gasteiger partial charge is 0.321 e. The van der Waals surface area contributed by atoms with Crippen LogP contribution in [0.5, 0.6) is 0 Å². The van der Waals surface area contributed by atoms with Gasteiger partial charge in [0, 0.05) is 31.2 Å². The number of imide groups is 2. The van der Waals surface area contributed by atoms with E-state index < -0.39 is 6.03 Å². The van der Waals surface area contributed by atoms with Gasteiger partial charge in [0.15, 0.2) is 0 Å². The minimum atomic E-state index is -0.453. The largest absolute Gasteiger partial charge is 0.338 e. The van der Waals surface area contributed by atoms with E-state index in [-0.39, 0.29) is 23.6 Å². The predicted molar refractivity (Wildman–Crippen MR) is 78.6 cm³/mol. The summed E-state index contributed by atoms with van der Waals surface area (Å²) in [4.78, 5) is 46.8. The van der Waals surface area contributed by atoms with Crippen LogP contribution in [-0.4, -0.2) is 41.7 Å². The number of carbonyl (C=O) groups excluding carboxylic acids is 4. The van der Waals surface area contributed by atoms with Gasteiger partial charge in [0.2, 0.25) is 5.91 Å². The second kappa shape index (κ2) is 7.72. The van der Waals surface area contributed by atoms with Crippen molar-refractivity contribution in [2.75, 3.05) is 13.1 Å². The van der Waals surface area contributed by atoms with E-state index in [9.17, 15) is 19.2 Å². The fourth-order valence-corrected chi connectivity index (χ4v) is 2.35. The zero-order valence-electron chi connectivity index (χ0n) is 12.5. The van der Waals surface area contributed by atoms with Gasteiger partial charge in [-0.15, -0.1) is 0 Å². The molecule has 0 spiro atoms. The molecule has 0 saturated heterocycles. The van der Waals surface area contributed by atoms with Gasteiger partial charge in [-0.1, -0.05) is 6.42 Å². The summed E-state index contributed by atoms with van der Waals surface area (Å²) in [6.45, 7) is 0.862. The molecule has 0 aromatic carbocycles. The van der Waals surface area contributed by atoms with Crippen LogP contribution in [0.2, 0.25) is 0 Å². The molecule has 0 aromatic heterocycles. The van der Waals surface area contributed by atoms with Crippen LogP contribution in [0.4, 0.5) is 4.79 Å². The van der Waals surface area contributed by atoms with E-state index in [1.54, 1.807) is 0 Å². The molecule has 1 heterocycles. The molecular formula is C15H21N3O4. The van der Waals surface area contributed by atoms with Crippen LogP contribution in [0.25, 0.3) is 0 Å². The van der Waals surface area contributed by atoms with Gasteiger partial charge in [-0.2, -0.15) is 0 Å². The van der Waals surface area contributed by atoms with Gasteiger partial charge >= 0.3 is 6.03 Å². The first-order valence-electron chi connectivity index (χ1n) is 7.70. The first kappa shape index (κ1) is 16.2. The van der Waals surface area contributed by atoms with Crippen LogP contribution in [0.15, 0.2) is 12.2 Å². The molecule has 2 aliphatic rings. The Labute approximate surface area is 129 Å². The monoisotopic (exact) mass is 307 g/mol. The molecule has 2 N–H and O–H groups in total. The van der Waals surface area contributed by atoms with Crippen LogP contribution >= 0.6 is 0 Å². The Hall–Kier alpha value is -2.18. The number of rotatable bonds is 7. The average molecular weight is 307 g/mol. The average Bonchev–Trinajstić information content (AvgIpc) is 2.71. The first-order valence-corrected chi connectivity index (χ1v) is 7.70. The van der Waals surface area contributed by atoms with Crippen molar-refractivity contribution < 1.29 is 19.2 Å². The van der Waals surface area contributed by atoms with Crippen molar-refractivity contribution in [3.05, 3.63) is 12.2 Å². The zero-order valence-corrected chi connectivity index (χ0v) is 12.5. The summed E-state index contributed by atoms with van der Waals surface area (Å²) < 4.78 is 0. The Balaban J connectivity index is 1.48. The lowest BCUT2D eigenvalue weighted by Gasteiger charge is -2.23. The number of hydrogen-bond donors (Lipinski definition) is 2. The Morgan fingerprint density at radius 1 is 1.09 bits per heavy atom. The molecule has 1 saturated carbocycles. The molecule has 1 fully saturated rings. The molecule has 5 amide bonds. The van der Waals surface area contributed by atoms with Crippen molar-refractivity contribution in [3.8, 4) is 0 Å². The summed E-state index contributed by atoms with van der Waals surface area (Å²) >= 11 is 0. The number of hydrogen-bond acceptors (Lipinski definition) is 4. The summed E-state index contributed by atoms with van der Waals surface area (Å²) in [7, 11) is 0. The number of nitrogens with one attached hydrogen (secondary N) is 2. The summed E-state index contributed by atoms with van der Waals surface area (Å²) in [5.74, 6) is -0.730. The summed E-state index contributed by atoms with van der Waals surface area (Å²) in [6.07, 6.45) is 7.54. The molecule has 0 radical (unpaired) electrons. The number of amides is 5. The Kier molecular flexibility index (Phi) is 5.68. The molecule has 7 nitrogen and oxygen atoms in total. The SMILES string of the molecule is O=C(NCCCCCN1C(=O)C=CC1=O)NC(=O)C1CCC1. The minimum absolute atomic E-state index is 0.00473. The molecule has 0 aromatic rings. The van der Waals surface area contributed by atoms with Crippen LogP contribution in [0, 0.1) is 5.92 Å². The molecule has 7 heteroatoms. The molecule has 2 rings (SSSR count). The van der Waals surface area contributed by atoms with Crippen LogP contribution in [-0.2, 0) is 14.4 Å².